The van der Waals surface area contributed by atoms with Crippen molar-refractivity contribution in [2.24, 2.45) is 0 Å². The Morgan fingerprint density at radius 1 is 0.733 bits per heavy atom. The fraction of sp³-hybridized carbons (Fsp3) is 0.565. The summed E-state index contributed by atoms with van der Waals surface area (Å²) in [5.74, 6) is 2.56. The molecule has 2 aliphatic rings. The van der Waals surface area contributed by atoms with Crippen LogP contribution >= 0.6 is 11.8 Å². The van der Waals surface area contributed by atoms with E-state index in [9.17, 15) is 9.59 Å². The number of carbonyl (C=O) groups excluding carboxylic acids is 2. The Morgan fingerprint density at radius 2 is 1.33 bits per heavy atom. The van der Waals surface area contributed by atoms with Crippen molar-refractivity contribution in [3.05, 3.63) is 95.6 Å². The number of rotatable bonds is 31. The summed E-state index contributed by atoms with van der Waals surface area (Å²) in [6, 6.07) is 26.6. The van der Waals surface area contributed by atoms with Crippen LogP contribution in [0.2, 0.25) is 0 Å². The molecule has 14 heteroatoms. The Kier molecular flexibility index (Phi) is 20.8. The zero-order chi connectivity index (χ0) is 42.3. The van der Waals surface area contributed by atoms with Gasteiger partial charge in [0.2, 0.25) is 5.91 Å². The van der Waals surface area contributed by atoms with Crippen molar-refractivity contribution in [2.75, 3.05) is 92.6 Å². The Hall–Kier alpha value is -3.89. The summed E-state index contributed by atoms with van der Waals surface area (Å²) in [6.45, 7) is 7.14. The maximum Gasteiger partial charge on any atom is 0.315 e. The van der Waals surface area contributed by atoms with Gasteiger partial charge in [0.15, 0.2) is 0 Å². The second kappa shape index (κ2) is 26.4. The van der Waals surface area contributed by atoms with Crippen LogP contribution in [0.15, 0.2) is 78.9 Å². The number of ether oxygens (including phenoxy) is 8. The van der Waals surface area contributed by atoms with Crippen LogP contribution < -0.4 is 25.4 Å². The number of thioether (sulfide) groups is 1. The number of nitrogens with one attached hydrogen (secondary N) is 3. The number of unbranched alkanes of at least 4 members (excludes halogenated alkanes) is 1. The summed E-state index contributed by atoms with van der Waals surface area (Å²) < 4.78 is 47.3. The highest BCUT2D eigenvalue weighted by Crippen LogP contribution is 2.42. The van der Waals surface area contributed by atoms with E-state index in [4.69, 9.17) is 37.9 Å². The first kappa shape index (κ1) is 47.2. The first-order valence-electron chi connectivity index (χ1n) is 21.3. The quantitative estimate of drug-likeness (QED) is 0.0392. The molecule has 4 atom stereocenters. The van der Waals surface area contributed by atoms with E-state index in [1.807, 2.05) is 78.5 Å². The predicted octanol–water partition coefficient (Wildman–Crippen LogP) is 6.11. The molecule has 330 valence electrons. The molecular weight excluding hydrogens is 787 g/mol. The van der Waals surface area contributed by atoms with Gasteiger partial charge < -0.3 is 53.8 Å². The lowest BCUT2D eigenvalue weighted by Gasteiger charge is -2.37. The Labute approximate surface area is 360 Å². The first-order chi connectivity index (χ1) is 29.5. The van der Waals surface area contributed by atoms with E-state index in [0.29, 0.717) is 77.7 Å². The fourth-order valence-electron chi connectivity index (χ4n) is 7.36. The summed E-state index contributed by atoms with van der Waals surface area (Å²) in [5.41, 5.74) is 1.94. The molecule has 0 spiro atoms. The van der Waals surface area contributed by atoms with Crippen LogP contribution in [-0.4, -0.2) is 128 Å². The molecule has 2 aliphatic heterocycles. The minimum atomic E-state index is -0.949. The van der Waals surface area contributed by atoms with Crippen LogP contribution in [0.3, 0.4) is 0 Å². The number of urea groups is 1. The second-order valence-corrected chi connectivity index (χ2v) is 16.1. The Bertz CT molecular complexity index is 1600. The van der Waals surface area contributed by atoms with Crippen LogP contribution in [0.4, 0.5) is 4.79 Å². The maximum absolute atomic E-state index is 12.2. The summed E-state index contributed by atoms with van der Waals surface area (Å²) in [5, 5.41) is 9.40. The standard InChI is InChI=1S/C46H65N3O10S/c1-4-24-58-40(33-59-46(35-11-6-5-7-12-35,36-15-19-38(52-2)20-16-36)37-17-21-39(53-3)22-18-37)32-57-31-30-56-29-28-55-27-26-54-25-10-23-47-43(50)14-9-8-13-42-44-41(34-60-42)48-45(51)49-44/h5-7,11-12,15-22,40-42,44H,4,8-10,13-14,23-34H2,1-3H3,(H,47,50)(H2,48,49,51). The molecule has 2 heterocycles. The van der Waals surface area contributed by atoms with Gasteiger partial charge in [0.05, 0.1) is 79.2 Å². The normalized spacial score (nSPS) is 17.8. The zero-order valence-electron chi connectivity index (χ0n) is 35.5. The molecule has 0 aromatic heterocycles. The molecule has 3 aromatic carbocycles. The van der Waals surface area contributed by atoms with Crippen LogP contribution in [0, 0.1) is 0 Å². The smallest absolute Gasteiger partial charge is 0.315 e. The SMILES string of the molecule is CCCOC(COCCOCCOCCOCCCNC(=O)CCCCC1SCC2NC(=O)NC21)COC(c1ccccc1)(c1ccc(OC)cc1)c1ccc(OC)cc1. The lowest BCUT2D eigenvalue weighted by Crippen LogP contribution is -2.38. The zero-order valence-corrected chi connectivity index (χ0v) is 36.4. The summed E-state index contributed by atoms with van der Waals surface area (Å²) in [4.78, 5) is 23.7. The Morgan fingerprint density at radius 3 is 1.95 bits per heavy atom. The van der Waals surface area contributed by atoms with Crippen molar-refractivity contribution in [3.63, 3.8) is 0 Å². The summed E-state index contributed by atoms with van der Waals surface area (Å²) >= 11 is 1.91. The molecule has 0 bridgehead atoms. The molecule has 0 radical (unpaired) electrons. The topological polar surface area (TPSA) is 144 Å². The van der Waals surface area contributed by atoms with Crippen LogP contribution in [0.5, 0.6) is 11.5 Å². The Balaban J connectivity index is 0.934. The van der Waals surface area contributed by atoms with Gasteiger partial charge in [0.25, 0.3) is 0 Å². The average Bonchev–Trinajstić information content (AvgIpc) is 3.85. The van der Waals surface area contributed by atoms with E-state index in [2.05, 4.69) is 35.0 Å². The van der Waals surface area contributed by atoms with Crippen LogP contribution in [0.1, 0.15) is 62.1 Å². The minimum absolute atomic E-state index is 0.0583. The van der Waals surface area contributed by atoms with Crippen molar-refractivity contribution in [1.29, 1.82) is 0 Å². The highest BCUT2D eigenvalue weighted by atomic mass is 32.2. The molecule has 2 saturated heterocycles. The van der Waals surface area contributed by atoms with Gasteiger partial charge in [-0.15, -0.1) is 0 Å². The van der Waals surface area contributed by atoms with Gasteiger partial charge in [-0.3, -0.25) is 4.79 Å². The molecule has 0 aliphatic carbocycles. The number of benzene rings is 3. The van der Waals surface area contributed by atoms with Gasteiger partial charge in [-0.1, -0.05) is 67.9 Å². The molecule has 4 unspecified atom stereocenters. The van der Waals surface area contributed by atoms with Crippen LogP contribution in [-0.2, 0) is 38.8 Å². The van der Waals surface area contributed by atoms with E-state index in [1.54, 1.807) is 14.2 Å². The molecule has 60 heavy (non-hydrogen) atoms. The number of hydrogen-bond donors (Lipinski definition) is 3. The van der Waals surface area contributed by atoms with Gasteiger partial charge in [-0.25, -0.2) is 4.79 Å². The van der Waals surface area contributed by atoms with E-state index < -0.39 is 5.60 Å². The van der Waals surface area contributed by atoms with Crippen molar-refractivity contribution < 1.29 is 47.5 Å². The third-order valence-electron chi connectivity index (χ3n) is 10.5. The number of fused-ring (bicyclic) bond motifs is 1. The third kappa shape index (κ3) is 14.6. The van der Waals surface area contributed by atoms with E-state index in [-0.39, 0.29) is 36.7 Å². The van der Waals surface area contributed by atoms with Gasteiger partial charge in [-0.2, -0.15) is 11.8 Å². The molecule has 3 amide bonds. The van der Waals surface area contributed by atoms with E-state index in [0.717, 1.165) is 66.0 Å². The summed E-state index contributed by atoms with van der Waals surface area (Å²) in [7, 11) is 3.32. The lowest BCUT2D eigenvalue weighted by atomic mass is 9.80. The lowest BCUT2D eigenvalue weighted by molar-refractivity contribution is -0.121. The predicted molar refractivity (Wildman–Crippen MR) is 233 cm³/mol. The molecule has 0 saturated carbocycles. The third-order valence-corrected chi connectivity index (χ3v) is 12.0. The monoisotopic (exact) mass is 851 g/mol. The number of carbonyl (C=O) groups is 2. The van der Waals surface area contributed by atoms with Crippen molar-refractivity contribution in [2.45, 2.75) is 74.5 Å². The second-order valence-electron chi connectivity index (χ2n) is 14.8. The van der Waals surface area contributed by atoms with Gasteiger partial charge in [0.1, 0.15) is 23.2 Å². The van der Waals surface area contributed by atoms with E-state index >= 15 is 0 Å². The minimum Gasteiger partial charge on any atom is -0.497 e. The van der Waals surface area contributed by atoms with E-state index in [1.165, 1.54) is 0 Å². The van der Waals surface area contributed by atoms with Gasteiger partial charge in [-0.05, 0) is 66.6 Å². The van der Waals surface area contributed by atoms with Gasteiger partial charge in [0, 0.05) is 37.2 Å². The molecule has 3 aromatic rings. The molecule has 5 rings (SSSR count). The number of methoxy groups -OCH3 is 2. The first-order valence-corrected chi connectivity index (χ1v) is 22.4. The van der Waals surface area contributed by atoms with Gasteiger partial charge >= 0.3 is 6.03 Å². The van der Waals surface area contributed by atoms with Crippen molar-refractivity contribution in [1.82, 2.24) is 16.0 Å². The van der Waals surface area contributed by atoms with Crippen molar-refractivity contribution in [3.8, 4) is 11.5 Å². The molecule has 13 nitrogen and oxygen atoms in total. The van der Waals surface area contributed by atoms with Crippen LogP contribution in [0.25, 0.3) is 0 Å². The number of hydrogen-bond acceptors (Lipinski definition) is 11. The maximum atomic E-state index is 12.2. The molecular formula is C46H65N3O10S. The van der Waals surface area contributed by atoms with Crippen molar-refractivity contribution >= 4 is 23.7 Å². The summed E-state index contributed by atoms with van der Waals surface area (Å²) in [6.07, 6.45) is 4.68. The highest BCUT2D eigenvalue weighted by molar-refractivity contribution is 8.00. The molecule has 2 fully saturated rings. The number of amides is 3. The fourth-order valence-corrected chi connectivity index (χ4v) is 8.90. The molecule has 3 N–H and O–H groups in total. The highest BCUT2D eigenvalue weighted by Gasteiger charge is 2.42. The largest absolute Gasteiger partial charge is 0.497 e. The average molecular weight is 852 g/mol.